The van der Waals surface area contributed by atoms with E-state index in [4.69, 9.17) is 9.47 Å². The number of hydrogen-bond donors (Lipinski definition) is 0. The predicted molar refractivity (Wildman–Crippen MR) is 70.8 cm³/mol. The van der Waals surface area contributed by atoms with Crippen LogP contribution >= 0.6 is 0 Å². The number of fused-ring (bicyclic) bond motifs is 1. The molecular formula is C15H18O3. The first kappa shape index (κ1) is 12.7. The van der Waals surface area contributed by atoms with Crippen molar-refractivity contribution in [3.05, 3.63) is 34.9 Å². The minimum atomic E-state index is -0.293. The van der Waals surface area contributed by atoms with Gasteiger partial charge in [0, 0.05) is 6.08 Å². The van der Waals surface area contributed by atoms with Gasteiger partial charge in [-0.25, -0.2) is 4.79 Å². The molecule has 1 aliphatic rings. The maximum atomic E-state index is 11.4. The van der Waals surface area contributed by atoms with E-state index < -0.39 is 0 Å². The predicted octanol–water partition coefficient (Wildman–Crippen LogP) is 3.07. The summed E-state index contributed by atoms with van der Waals surface area (Å²) in [6.45, 7) is 4.17. The van der Waals surface area contributed by atoms with Crippen LogP contribution < -0.4 is 4.74 Å². The topological polar surface area (TPSA) is 35.5 Å². The largest absolute Gasteiger partial charge is 0.496 e. The Kier molecular flexibility index (Phi) is 3.41. The van der Waals surface area contributed by atoms with Crippen molar-refractivity contribution < 1.29 is 14.3 Å². The third-order valence-corrected chi connectivity index (χ3v) is 3.46. The van der Waals surface area contributed by atoms with Crippen LogP contribution in [0.5, 0.6) is 5.75 Å². The molecule has 1 aromatic carbocycles. The molecule has 1 aliphatic carbocycles. The summed E-state index contributed by atoms with van der Waals surface area (Å²) in [5, 5.41) is 0. The van der Waals surface area contributed by atoms with E-state index in [0.29, 0.717) is 5.92 Å². The van der Waals surface area contributed by atoms with Crippen LogP contribution in [0.1, 0.15) is 36.0 Å². The van der Waals surface area contributed by atoms with Crippen molar-refractivity contribution >= 4 is 11.5 Å². The van der Waals surface area contributed by atoms with Gasteiger partial charge in [-0.1, -0.05) is 6.92 Å². The summed E-state index contributed by atoms with van der Waals surface area (Å²) in [5.41, 5.74) is 4.52. The van der Waals surface area contributed by atoms with Crippen molar-refractivity contribution in [2.24, 2.45) is 0 Å². The Labute approximate surface area is 107 Å². The molecular weight excluding hydrogens is 228 g/mol. The number of esters is 1. The number of ether oxygens (including phenoxy) is 2. The maximum Gasteiger partial charge on any atom is 0.330 e. The number of carbonyl (C=O) groups excluding carboxylic acids is 1. The van der Waals surface area contributed by atoms with E-state index in [0.717, 1.165) is 28.9 Å². The minimum Gasteiger partial charge on any atom is -0.496 e. The Morgan fingerprint density at radius 2 is 2.11 bits per heavy atom. The zero-order valence-electron chi connectivity index (χ0n) is 11.2. The van der Waals surface area contributed by atoms with Crippen molar-refractivity contribution in [2.45, 2.75) is 26.2 Å². The van der Waals surface area contributed by atoms with E-state index in [1.54, 1.807) is 13.2 Å². The second-order valence-corrected chi connectivity index (χ2v) is 4.71. The molecule has 0 aromatic heterocycles. The Bertz CT molecular complexity index is 515. The van der Waals surface area contributed by atoms with E-state index in [9.17, 15) is 4.79 Å². The highest BCUT2D eigenvalue weighted by molar-refractivity contribution is 5.93. The molecule has 1 atom stereocenters. The smallest absolute Gasteiger partial charge is 0.330 e. The van der Waals surface area contributed by atoms with Crippen LogP contribution in [-0.4, -0.2) is 20.2 Å². The van der Waals surface area contributed by atoms with Gasteiger partial charge >= 0.3 is 5.97 Å². The lowest BCUT2D eigenvalue weighted by Crippen LogP contribution is -1.96. The molecule has 0 spiro atoms. The zero-order valence-corrected chi connectivity index (χ0v) is 11.2. The second kappa shape index (κ2) is 4.84. The van der Waals surface area contributed by atoms with Gasteiger partial charge in [-0.2, -0.15) is 0 Å². The molecule has 18 heavy (non-hydrogen) atoms. The van der Waals surface area contributed by atoms with Crippen molar-refractivity contribution in [1.82, 2.24) is 0 Å². The molecule has 96 valence electrons. The lowest BCUT2D eigenvalue weighted by molar-refractivity contribution is -0.134. The van der Waals surface area contributed by atoms with E-state index in [1.807, 2.05) is 6.92 Å². The maximum absolute atomic E-state index is 11.4. The van der Waals surface area contributed by atoms with Gasteiger partial charge in [0.1, 0.15) is 5.75 Å². The molecule has 0 fully saturated rings. The fourth-order valence-corrected chi connectivity index (χ4v) is 2.50. The third kappa shape index (κ3) is 2.13. The number of methoxy groups -OCH3 is 2. The number of rotatable bonds is 2. The number of hydrogen-bond acceptors (Lipinski definition) is 3. The standard InChI is InChI=1S/C15H18O3/c1-9-5-11(7-15(16)18-4)13-6-10(2)14(17-3)8-12(9)13/h6-9H,5H2,1-4H3/b11-7+. The van der Waals surface area contributed by atoms with Gasteiger partial charge in [-0.3, -0.25) is 0 Å². The van der Waals surface area contributed by atoms with Gasteiger partial charge in [0.2, 0.25) is 0 Å². The highest BCUT2D eigenvalue weighted by atomic mass is 16.5. The first-order valence-electron chi connectivity index (χ1n) is 6.04. The molecule has 3 nitrogen and oxygen atoms in total. The van der Waals surface area contributed by atoms with Crippen LogP contribution in [0.25, 0.3) is 5.57 Å². The first-order valence-corrected chi connectivity index (χ1v) is 6.04. The molecule has 0 bridgehead atoms. The van der Waals surface area contributed by atoms with Crippen molar-refractivity contribution in [1.29, 1.82) is 0 Å². The average Bonchev–Trinajstić information content (AvgIpc) is 2.64. The highest BCUT2D eigenvalue weighted by Gasteiger charge is 2.25. The van der Waals surface area contributed by atoms with Crippen LogP contribution in [0.4, 0.5) is 0 Å². The quantitative estimate of drug-likeness (QED) is 0.594. The Hall–Kier alpha value is -1.77. The fourth-order valence-electron chi connectivity index (χ4n) is 2.50. The molecule has 3 heteroatoms. The molecule has 0 heterocycles. The van der Waals surface area contributed by atoms with E-state index in [-0.39, 0.29) is 5.97 Å². The summed E-state index contributed by atoms with van der Waals surface area (Å²) in [6.07, 6.45) is 2.46. The molecule has 0 saturated carbocycles. The number of carbonyl (C=O) groups is 1. The van der Waals surface area contributed by atoms with Crippen molar-refractivity contribution in [2.75, 3.05) is 14.2 Å². The van der Waals surface area contributed by atoms with E-state index >= 15 is 0 Å². The molecule has 1 aromatic rings. The Morgan fingerprint density at radius 3 is 2.72 bits per heavy atom. The highest BCUT2D eigenvalue weighted by Crippen LogP contribution is 2.43. The summed E-state index contributed by atoms with van der Waals surface area (Å²) in [5.74, 6) is 1.02. The summed E-state index contributed by atoms with van der Waals surface area (Å²) in [6, 6.07) is 4.17. The van der Waals surface area contributed by atoms with Crippen LogP contribution in [-0.2, 0) is 9.53 Å². The molecule has 1 unspecified atom stereocenters. The van der Waals surface area contributed by atoms with E-state index in [2.05, 4.69) is 19.1 Å². The summed E-state index contributed by atoms with van der Waals surface area (Å²) in [7, 11) is 3.08. The monoisotopic (exact) mass is 246 g/mol. The van der Waals surface area contributed by atoms with Gasteiger partial charge in [0.25, 0.3) is 0 Å². The second-order valence-electron chi connectivity index (χ2n) is 4.71. The summed E-state index contributed by atoms with van der Waals surface area (Å²) in [4.78, 5) is 11.4. The average molecular weight is 246 g/mol. The summed E-state index contributed by atoms with van der Waals surface area (Å²) >= 11 is 0. The molecule has 2 rings (SSSR count). The van der Waals surface area contributed by atoms with Crippen molar-refractivity contribution in [3.8, 4) is 5.75 Å². The number of aryl methyl sites for hydroxylation is 1. The third-order valence-electron chi connectivity index (χ3n) is 3.46. The lowest BCUT2D eigenvalue weighted by atomic mass is 10.0. The van der Waals surface area contributed by atoms with Gasteiger partial charge in [0.15, 0.2) is 0 Å². The van der Waals surface area contributed by atoms with Gasteiger partial charge in [0.05, 0.1) is 14.2 Å². The molecule has 0 amide bonds. The van der Waals surface area contributed by atoms with Gasteiger partial charge in [-0.05, 0) is 53.7 Å². The first-order chi connectivity index (χ1) is 8.56. The molecule has 0 saturated heterocycles. The van der Waals surface area contributed by atoms with E-state index in [1.165, 1.54) is 12.7 Å². The zero-order chi connectivity index (χ0) is 13.3. The number of allylic oxidation sites excluding steroid dienone is 1. The minimum absolute atomic E-state index is 0.293. The summed E-state index contributed by atoms with van der Waals surface area (Å²) < 4.78 is 10.0. The molecule has 0 aliphatic heterocycles. The molecule has 0 N–H and O–H groups in total. The Morgan fingerprint density at radius 1 is 1.39 bits per heavy atom. The number of benzene rings is 1. The van der Waals surface area contributed by atoms with Crippen LogP contribution in [0.2, 0.25) is 0 Å². The van der Waals surface area contributed by atoms with Crippen LogP contribution in [0.15, 0.2) is 18.2 Å². The Balaban J connectivity index is 2.49. The van der Waals surface area contributed by atoms with Crippen molar-refractivity contribution in [3.63, 3.8) is 0 Å². The fraction of sp³-hybridized carbons (Fsp3) is 0.400. The van der Waals surface area contributed by atoms with Crippen LogP contribution in [0.3, 0.4) is 0 Å². The SMILES string of the molecule is COC(=O)/C=C1\CC(C)c2cc(OC)c(C)cc21. The van der Waals surface area contributed by atoms with Crippen LogP contribution in [0, 0.1) is 6.92 Å². The molecule has 0 radical (unpaired) electrons. The lowest BCUT2D eigenvalue weighted by Gasteiger charge is -2.10. The normalized spacial score (nSPS) is 19.8. The van der Waals surface area contributed by atoms with Gasteiger partial charge in [-0.15, -0.1) is 0 Å². The van der Waals surface area contributed by atoms with Gasteiger partial charge < -0.3 is 9.47 Å².